The molecule has 23 heavy (non-hydrogen) atoms. The molecule has 0 fully saturated rings. The molecule has 0 radical (unpaired) electrons. The van der Waals surface area contributed by atoms with Crippen LogP contribution < -0.4 is 0 Å². The van der Waals surface area contributed by atoms with Crippen LogP contribution in [0.2, 0.25) is 0 Å². The third-order valence-electron chi connectivity index (χ3n) is 3.26. The van der Waals surface area contributed by atoms with Crippen LogP contribution in [0.25, 0.3) is 10.8 Å². The van der Waals surface area contributed by atoms with E-state index in [9.17, 15) is 8.42 Å². The summed E-state index contributed by atoms with van der Waals surface area (Å²) < 4.78 is 29.7. The molecule has 2 aromatic rings. The maximum atomic E-state index is 12.3. The van der Waals surface area contributed by atoms with Crippen LogP contribution in [0.4, 0.5) is 0 Å². The van der Waals surface area contributed by atoms with E-state index in [1.165, 1.54) is 0 Å². The normalized spacial score (nSPS) is 10.5. The summed E-state index contributed by atoms with van der Waals surface area (Å²) in [6.07, 6.45) is 4.01. The zero-order chi connectivity index (χ0) is 16.4. The summed E-state index contributed by atoms with van der Waals surface area (Å²) in [6.45, 7) is 4.37. The fourth-order valence-electron chi connectivity index (χ4n) is 2.17. The zero-order valence-electron chi connectivity index (χ0n) is 12.8. The first-order chi connectivity index (χ1) is 10.6. The summed E-state index contributed by atoms with van der Waals surface area (Å²) in [5, 5.41) is 1.62. The molecule has 0 saturated heterocycles. The van der Waals surface area contributed by atoms with E-state index in [1.54, 1.807) is 12.1 Å². The molecule has 0 aliphatic rings. The second-order valence-electron chi connectivity index (χ2n) is 4.81. The Balaban J connectivity index is 0.00000155. The van der Waals surface area contributed by atoms with Crippen LogP contribution in [0.15, 0.2) is 47.4 Å². The van der Waals surface area contributed by atoms with E-state index in [2.05, 4.69) is 6.92 Å². The molecule has 0 atom stereocenters. The molecule has 0 aliphatic heterocycles. The second-order valence-corrected chi connectivity index (χ2v) is 6.40. The molecule has 0 unspecified atom stereocenters. The quantitative estimate of drug-likeness (QED) is 0.438. The fourth-order valence-corrected chi connectivity index (χ4v) is 3.34. The number of hydrogen-bond acceptors (Lipinski definition) is 4. The Morgan fingerprint density at radius 2 is 1.61 bits per heavy atom. The van der Waals surface area contributed by atoms with Crippen molar-refractivity contribution >= 4 is 57.2 Å². The van der Waals surface area contributed by atoms with E-state index in [-0.39, 0.29) is 41.1 Å². The SMILES string of the molecule is C=O.CCCCCCOS(=O)(=O)c1cccc2ccccc12.[NaH]. The van der Waals surface area contributed by atoms with Gasteiger partial charge in [0.1, 0.15) is 11.7 Å². The van der Waals surface area contributed by atoms with Gasteiger partial charge in [0.2, 0.25) is 0 Å². The topological polar surface area (TPSA) is 60.4 Å². The van der Waals surface area contributed by atoms with E-state index in [1.807, 2.05) is 37.1 Å². The van der Waals surface area contributed by atoms with Gasteiger partial charge in [-0.2, -0.15) is 8.42 Å². The molecule has 0 heterocycles. The molecule has 2 aromatic carbocycles. The second kappa shape index (κ2) is 11.8. The number of carbonyl (C=O) groups is 1. The molecular formula is C17H23NaO4S. The molecular weight excluding hydrogens is 323 g/mol. The average Bonchev–Trinajstić information content (AvgIpc) is 2.56. The summed E-state index contributed by atoms with van der Waals surface area (Å²) in [6, 6.07) is 12.7. The van der Waals surface area contributed by atoms with Crippen LogP contribution in [0.1, 0.15) is 32.6 Å². The number of benzene rings is 2. The average molecular weight is 346 g/mol. The molecule has 122 valence electrons. The molecule has 4 nitrogen and oxygen atoms in total. The maximum absolute atomic E-state index is 12.3. The van der Waals surface area contributed by atoms with Gasteiger partial charge in [0, 0.05) is 5.39 Å². The van der Waals surface area contributed by atoms with Crippen molar-refractivity contribution in [1.82, 2.24) is 0 Å². The van der Waals surface area contributed by atoms with Gasteiger partial charge in [-0.1, -0.05) is 62.6 Å². The van der Waals surface area contributed by atoms with Crippen molar-refractivity contribution in [3.63, 3.8) is 0 Å². The van der Waals surface area contributed by atoms with Crippen LogP contribution in [-0.4, -0.2) is 51.4 Å². The summed E-state index contributed by atoms with van der Waals surface area (Å²) in [7, 11) is -3.67. The Labute approximate surface area is 160 Å². The molecule has 0 aliphatic carbocycles. The van der Waals surface area contributed by atoms with Crippen molar-refractivity contribution in [3.8, 4) is 0 Å². The first kappa shape index (κ1) is 22.3. The van der Waals surface area contributed by atoms with E-state index < -0.39 is 10.1 Å². The van der Waals surface area contributed by atoms with Crippen molar-refractivity contribution in [2.75, 3.05) is 6.61 Å². The van der Waals surface area contributed by atoms with E-state index in [0.717, 1.165) is 31.1 Å². The predicted molar refractivity (Wildman–Crippen MR) is 95.5 cm³/mol. The Hall–Kier alpha value is -0.720. The monoisotopic (exact) mass is 346 g/mol. The van der Waals surface area contributed by atoms with Crippen molar-refractivity contribution in [3.05, 3.63) is 42.5 Å². The third-order valence-corrected chi connectivity index (χ3v) is 4.63. The van der Waals surface area contributed by atoms with E-state index in [0.29, 0.717) is 5.39 Å². The minimum atomic E-state index is -3.67. The molecule has 0 amide bonds. The Kier molecular flexibility index (Phi) is 11.4. The predicted octanol–water partition coefficient (Wildman–Crippen LogP) is 3.29. The molecule has 0 bridgehead atoms. The standard InChI is InChI=1S/C16H20O3S.CH2O.Na.H/c1-2-3-4-7-13-19-20(17,18)16-12-8-10-14-9-5-6-11-15(14)16;1-2;;/h5-6,8-12H,2-4,7,13H2,1H3;1H2;;. The van der Waals surface area contributed by atoms with Gasteiger partial charge in [-0.15, -0.1) is 0 Å². The Morgan fingerprint density at radius 1 is 0.957 bits per heavy atom. The summed E-state index contributed by atoms with van der Waals surface area (Å²) >= 11 is 0. The first-order valence-corrected chi connectivity index (χ1v) is 8.72. The van der Waals surface area contributed by atoms with Crippen LogP contribution in [-0.2, 0) is 19.1 Å². The minimum absolute atomic E-state index is 0. The number of carbonyl (C=O) groups excluding carboxylic acids is 1. The van der Waals surface area contributed by atoms with Crippen molar-refractivity contribution in [2.24, 2.45) is 0 Å². The number of rotatable bonds is 7. The van der Waals surface area contributed by atoms with Gasteiger partial charge in [0.05, 0.1) is 6.61 Å². The summed E-state index contributed by atoms with van der Waals surface area (Å²) in [5.41, 5.74) is 0. The molecule has 2 rings (SSSR count). The molecule has 0 saturated carbocycles. The van der Waals surface area contributed by atoms with Gasteiger partial charge in [0.15, 0.2) is 0 Å². The van der Waals surface area contributed by atoms with Crippen LogP contribution in [0.5, 0.6) is 0 Å². The van der Waals surface area contributed by atoms with Gasteiger partial charge in [-0.25, -0.2) is 0 Å². The van der Waals surface area contributed by atoms with Crippen LogP contribution >= 0.6 is 0 Å². The van der Waals surface area contributed by atoms with Crippen molar-refractivity contribution in [1.29, 1.82) is 0 Å². The zero-order valence-corrected chi connectivity index (χ0v) is 13.6. The van der Waals surface area contributed by atoms with Gasteiger partial charge in [-0.3, -0.25) is 4.18 Å². The summed E-state index contributed by atoms with van der Waals surface area (Å²) in [4.78, 5) is 8.26. The van der Waals surface area contributed by atoms with Gasteiger partial charge in [-0.05, 0) is 17.9 Å². The van der Waals surface area contributed by atoms with Gasteiger partial charge in [0.25, 0.3) is 10.1 Å². The summed E-state index contributed by atoms with van der Waals surface area (Å²) in [5.74, 6) is 0. The number of fused-ring (bicyclic) bond motifs is 1. The molecule has 0 spiro atoms. The van der Waals surface area contributed by atoms with E-state index in [4.69, 9.17) is 8.98 Å². The Morgan fingerprint density at radius 3 is 2.30 bits per heavy atom. The first-order valence-electron chi connectivity index (χ1n) is 7.31. The third kappa shape index (κ3) is 6.73. The van der Waals surface area contributed by atoms with Gasteiger partial charge < -0.3 is 4.79 Å². The van der Waals surface area contributed by atoms with Crippen LogP contribution in [0, 0.1) is 0 Å². The number of unbranched alkanes of at least 4 members (excludes halogenated alkanes) is 3. The van der Waals surface area contributed by atoms with Crippen molar-refractivity contribution < 1.29 is 17.4 Å². The molecule has 0 N–H and O–H groups in total. The molecule has 6 heteroatoms. The van der Waals surface area contributed by atoms with Crippen LogP contribution in [0.3, 0.4) is 0 Å². The number of hydrogen-bond donors (Lipinski definition) is 0. The van der Waals surface area contributed by atoms with Gasteiger partial charge >= 0.3 is 29.6 Å². The molecule has 0 aromatic heterocycles. The van der Waals surface area contributed by atoms with Crippen molar-refractivity contribution in [2.45, 2.75) is 37.5 Å². The Bertz CT molecular complexity index is 681. The fraction of sp³-hybridized carbons (Fsp3) is 0.353. The van der Waals surface area contributed by atoms with E-state index >= 15 is 0 Å².